The molecule has 76 valence electrons. The molecule has 1 aliphatic heterocycles. The molecule has 1 aliphatic rings. The topological polar surface area (TPSA) is 64.3 Å². The number of primary amides is 1. The maximum absolute atomic E-state index is 10.8. The molecule has 1 amide bonds. The molecule has 0 aromatic heterocycles. The van der Waals surface area contributed by atoms with Gasteiger partial charge in [0.05, 0.1) is 12.1 Å². The summed E-state index contributed by atoms with van der Waals surface area (Å²) in [6.45, 7) is 3.66. The quantitative estimate of drug-likeness (QED) is 0.595. The molecule has 2 atom stereocenters. The van der Waals surface area contributed by atoms with E-state index in [0.717, 1.165) is 32.4 Å². The van der Waals surface area contributed by atoms with Crippen LogP contribution in [0.1, 0.15) is 26.2 Å². The fraction of sp³-hybridized carbons (Fsp3) is 0.889. The Kier molecular flexibility index (Phi) is 4.18. The Morgan fingerprint density at radius 3 is 3.00 bits per heavy atom. The molecule has 0 aromatic carbocycles. The van der Waals surface area contributed by atoms with E-state index in [1.807, 2.05) is 0 Å². The molecule has 0 spiro atoms. The van der Waals surface area contributed by atoms with Gasteiger partial charge in [-0.05, 0) is 12.8 Å². The zero-order valence-corrected chi connectivity index (χ0v) is 8.08. The van der Waals surface area contributed by atoms with Gasteiger partial charge >= 0.3 is 0 Å². The Labute approximate surface area is 78.8 Å². The van der Waals surface area contributed by atoms with Gasteiger partial charge in [0.1, 0.15) is 0 Å². The van der Waals surface area contributed by atoms with E-state index >= 15 is 0 Å². The number of unbranched alkanes of at least 4 members (excludes halogenated alkanes) is 1. The second-order valence-corrected chi connectivity index (χ2v) is 3.45. The molecule has 1 fully saturated rings. The average molecular weight is 186 g/mol. The molecule has 3 N–H and O–H groups in total. The highest BCUT2D eigenvalue weighted by Gasteiger charge is 2.27. The second kappa shape index (κ2) is 5.19. The molecule has 13 heavy (non-hydrogen) atoms. The van der Waals surface area contributed by atoms with Crippen molar-refractivity contribution in [3.8, 4) is 0 Å². The van der Waals surface area contributed by atoms with E-state index in [2.05, 4.69) is 12.2 Å². The number of carbonyl (C=O) groups is 1. The first-order chi connectivity index (χ1) is 6.24. The van der Waals surface area contributed by atoms with Gasteiger partial charge in [-0.3, -0.25) is 4.79 Å². The summed E-state index contributed by atoms with van der Waals surface area (Å²) in [6.07, 6.45) is 3.11. The van der Waals surface area contributed by atoms with Crippen molar-refractivity contribution in [2.24, 2.45) is 5.73 Å². The highest BCUT2D eigenvalue weighted by molar-refractivity contribution is 5.80. The SMILES string of the molecule is CCCCO[C@H]1CN[C@H](C(N)=O)C1. The van der Waals surface area contributed by atoms with Crippen molar-refractivity contribution in [2.75, 3.05) is 13.2 Å². The number of ether oxygens (including phenoxy) is 1. The van der Waals surface area contributed by atoms with Crippen LogP contribution >= 0.6 is 0 Å². The van der Waals surface area contributed by atoms with Crippen molar-refractivity contribution in [3.05, 3.63) is 0 Å². The summed E-state index contributed by atoms with van der Waals surface area (Å²) in [4.78, 5) is 10.8. The normalized spacial score (nSPS) is 27.8. The van der Waals surface area contributed by atoms with Crippen LogP contribution in [0.2, 0.25) is 0 Å². The van der Waals surface area contributed by atoms with Crippen molar-refractivity contribution < 1.29 is 9.53 Å². The third-order valence-electron chi connectivity index (χ3n) is 2.29. The average Bonchev–Trinajstić information content (AvgIpc) is 2.53. The van der Waals surface area contributed by atoms with Crippen LogP contribution in [0, 0.1) is 0 Å². The second-order valence-electron chi connectivity index (χ2n) is 3.45. The summed E-state index contributed by atoms with van der Waals surface area (Å²) in [5, 5.41) is 3.03. The standard InChI is InChI=1S/C9H18N2O2/c1-2-3-4-13-7-5-8(9(10)12)11-6-7/h7-8,11H,2-6H2,1H3,(H2,10,12)/t7-,8+/m1/s1. The van der Waals surface area contributed by atoms with Crippen LogP contribution in [-0.2, 0) is 9.53 Å². The molecule has 0 radical (unpaired) electrons. The number of nitrogens with two attached hydrogens (primary N) is 1. The number of nitrogens with one attached hydrogen (secondary N) is 1. The summed E-state index contributed by atoms with van der Waals surface area (Å²) >= 11 is 0. The van der Waals surface area contributed by atoms with Crippen LogP contribution in [0.4, 0.5) is 0 Å². The van der Waals surface area contributed by atoms with Gasteiger partial charge in [-0.2, -0.15) is 0 Å². The summed E-state index contributed by atoms with van der Waals surface area (Å²) in [6, 6.07) is -0.188. The van der Waals surface area contributed by atoms with Crippen LogP contribution in [0.15, 0.2) is 0 Å². The highest BCUT2D eigenvalue weighted by Crippen LogP contribution is 2.10. The third kappa shape index (κ3) is 3.32. The molecule has 0 unspecified atom stereocenters. The Bertz CT molecular complexity index is 173. The Balaban J connectivity index is 2.14. The minimum atomic E-state index is -0.276. The molecule has 1 saturated heterocycles. The molecule has 1 rings (SSSR count). The van der Waals surface area contributed by atoms with Crippen molar-refractivity contribution in [1.82, 2.24) is 5.32 Å². The number of hydrogen-bond acceptors (Lipinski definition) is 3. The van der Waals surface area contributed by atoms with Crippen LogP contribution in [0.25, 0.3) is 0 Å². The molecule has 4 heteroatoms. The lowest BCUT2D eigenvalue weighted by Gasteiger charge is -2.09. The van der Waals surface area contributed by atoms with Crippen molar-refractivity contribution >= 4 is 5.91 Å². The van der Waals surface area contributed by atoms with Gasteiger partial charge < -0.3 is 15.8 Å². The third-order valence-corrected chi connectivity index (χ3v) is 2.29. The van der Waals surface area contributed by atoms with Gasteiger partial charge in [-0.25, -0.2) is 0 Å². The minimum Gasteiger partial charge on any atom is -0.377 e. The molecule has 0 saturated carbocycles. The maximum Gasteiger partial charge on any atom is 0.234 e. The molecular weight excluding hydrogens is 168 g/mol. The van der Waals surface area contributed by atoms with E-state index in [1.165, 1.54) is 0 Å². The minimum absolute atomic E-state index is 0.170. The molecule has 4 nitrogen and oxygen atoms in total. The highest BCUT2D eigenvalue weighted by atomic mass is 16.5. The van der Waals surface area contributed by atoms with Gasteiger partial charge in [0.15, 0.2) is 0 Å². The van der Waals surface area contributed by atoms with E-state index in [4.69, 9.17) is 10.5 Å². The molecule has 0 aliphatic carbocycles. The lowest BCUT2D eigenvalue weighted by atomic mass is 10.2. The van der Waals surface area contributed by atoms with E-state index in [1.54, 1.807) is 0 Å². The Morgan fingerprint density at radius 2 is 2.46 bits per heavy atom. The summed E-state index contributed by atoms with van der Waals surface area (Å²) < 4.78 is 5.55. The number of hydrogen-bond donors (Lipinski definition) is 2. The zero-order chi connectivity index (χ0) is 9.68. The van der Waals surface area contributed by atoms with Crippen LogP contribution < -0.4 is 11.1 Å². The summed E-state index contributed by atoms with van der Waals surface area (Å²) in [7, 11) is 0. The monoisotopic (exact) mass is 186 g/mol. The smallest absolute Gasteiger partial charge is 0.234 e. The summed E-state index contributed by atoms with van der Waals surface area (Å²) in [5.41, 5.74) is 5.16. The first-order valence-corrected chi connectivity index (χ1v) is 4.88. The fourth-order valence-electron chi connectivity index (χ4n) is 1.44. The van der Waals surface area contributed by atoms with Gasteiger partial charge in [0.25, 0.3) is 0 Å². The van der Waals surface area contributed by atoms with E-state index in [-0.39, 0.29) is 18.1 Å². The van der Waals surface area contributed by atoms with Crippen LogP contribution in [0.5, 0.6) is 0 Å². The first kappa shape index (κ1) is 10.5. The fourth-order valence-corrected chi connectivity index (χ4v) is 1.44. The number of rotatable bonds is 5. The summed E-state index contributed by atoms with van der Waals surface area (Å²) in [5.74, 6) is -0.276. The van der Waals surface area contributed by atoms with Crippen molar-refractivity contribution in [3.63, 3.8) is 0 Å². The Morgan fingerprint density at radius 1 is 1.69 bits per heavy atom. The molecule has 0 bridgehead atoms. The predicted octanol–water partition coefficient (Wildman–Crippen LogP) is 0.0189. The molecular formula is C9H18N2O2. The zero-order valence-electron chi connectivity index (χ0n) is 8.08. The van der Waals surface area contributed by atoms with E-state index in [9.17, 15) is 4.79 Å². The lowest BCUT2D eigenvalue weighted by molar-refractivity contribution is -0.119. The Hall–Kier alpha value is -0.610. The van der Waals surface area contributed by atoms with Crippen LogP contribution in [0.3, 0.4) is 0 Å². The van der Waals surface area contributed by atoms with Gasteiger partial charge in [-0.15, -0.1) is 0 Å². The first-order valence-electron chi connectivity index (χ1n) is 4.88. The van der Waals surface area contributed by atoms with E-state index in [0.29, 0.717) is 0 Å². The largest absolute Gasteiger partial charge is 0.377 e. The van der Waals surface area contributed by atoms with Gasteiger partial charge in [-0.1, -0.05) is 13.3 Å². The number of amides is 1. The lowest BCUT2D eigenvalue weighted by Crippen LogP contribution is -2.36. The van der Waals surface area contributed by atoms with Gasteiger partial charge in [0.2, 0.25) is 5.91 Å². The molecule has 0 aromatic rings. The van der Waals surface area contributed by atoms with Crippen molar-refractivity contribution in [2.45, 2.75) is 38.3 Å². The molecule has 1 heterocycles. The number of carbonyl (C=O) groups excluding carboxylic acids is 1. The van der Waals surface area contributed by atoms with Crippen LogP contribution in [-0.4, -0.2) is 31.2 Å². The van der Waals surface area contributed by atoms with Gasteiger partial charge in [0, 0.05) is 13.2 Å². The van der Waals surface area contributed by atoms with Crippen molar-refractivity contribution in [1.29, 1.82) is 0 Å². The van der Waals surface area contributed by atoms with E-state index < -0.39 is 0 Å². The maximum atomic E-state index is 10.8. The predicted molar refractivity (Wildman–Crippen MR) is 50.3 cm³/mol.